The van der Waals surface area contributed by atoms with Crippen molar-refractivity contribution in [2.24, 2.45) is 0 Å². The van der Waals surface area contributed by atoms with E-state index in [4.69, 9.17) is 5.11 Å². The molecule has 0 atom stereocenters. The number of H-pyrrole nitrogens is 1. The van der Waals surface area contributed by atoms with Crippen molar-refractivity contribution in [3.05, 3.63) is 27.9 Å². The molecule has 1 aromatic rings. The smallest absolute Gasteiger partial charge is 0.309 e. The van der Waals surface area contributed by atoms with Crippen molar-refractivity contribution < 1.29 is 9.90 Å². The number of carbonyl (C=O) groups is 1. The van der Waals surface area contributed by atoms with Crippen molar-refractivity contribution in [1.29, 1.82) is 0 Å². The number of carboxylic acid groups (broad SMARTS) is 1. The van der Waals surface area contributed by atoms with E-state index in [0.29, 0.717) is 11.4 Å². The van der Waals surface area contributed by atoms with Crippen LogP contribution in [0.4, 0.5) is 0 Å². The molecule has 0 aromatic carbocycles. The number of nitrogens with one attached hydrogen (secondary N) is 1. The maximum atomic E-state index is 10.9. The minimum Gasteiger partial charge on any atom is -0.481 e. The third-order valence-corrected chi connectivity index (χ3v) is 1.36. The molecule has 1 rings (SSSR count). The van der Waals surface area contributed by atoms with Gasteiger partial charge in [-0.05, 0) is 6.92 Å². The molecule has 0 radical (unpaired) electrons. The van der Waals surface area contributed by atoms with Crippen LogP contribution < -0.4 is 5.56 Å². The summed E-state index contributed by atoms with van der Waals surface area (Å²) in [5.74, 6) is -0.990. The first-order valence-corrected chi connectivity index (χ1v) is 3.36. The van der Waals surface area contributed by atoms with Crippen LogP contribution in [-0.4, -0.2) is 21.0 Å². The monoisotopic (exact) mass is 168 g/mol. The fourth-order valence-electron chi connectivity index (χ4n) is 0.755. The zero-order chi connectivity index (χ0) is 9.14. The number of hydrogen-bond donors (Lipinski definition) is 2. The van der Waals surface area contributed by atoms with Gasteiger partial charge in [0.15, 0.2) is 0 Å². The molecule has 0 fully saturated rings. The minimum absolute atomic E-state index is 0.206. The van der Waals surface area contributed by atoms with E-state index < -0.39 is 5.97 Å². The highest BCUT2D eigenvalue weighted by Gasteiger charge is 2.02. The molecule has 64 valence electrons. The quantitative estimate of drug-likeness (QED) is 0.635. The van der Waals surface area contributed by atoms with E-state index in [1.165, 1.54) is 6.20 Å². The van der Waals surface area contributed by atoms with Gasteiger partial charge in [0.05, 0.1) is 6.42 Å². The van der Waals surface area contributed by atoms with Crippen molar-refractivity contribution in [2.45, 2.75) is 13.3 Å². The second-order valence-corrected chi connectivity index (χ2v) is 2.39. The molecule has 0 spiro atoms. The van der Waals surface area contributed by atoms with Gasteiger partial charge in [-0.15, -0.1) is 0 Å². The predicted molar refractivity (Wildman–Crippen MR) is 40.9 cm³/mol. The first-order chi connectivity index (χ1) is 5.59. The number of rotatable bonds is 2. The Morgan fingerprint density at radius 3 is 2.92 bits per heavy atom. The molecule has 0 amide bonds. The molecule has 0 aliphatic heterocycles. The number of aryl methyl sites for hydroxylation is 1. The van der Waals surface area contributed by atoms with E-state index in [2.05, 4.69) is 9.97 Å². The summed E-state index contributed by atoms with van der Waals surface area (Å²) >= 11 is 0. The minimum atomic E-state index is -0.990. The lowest BCUT2D eigenvalue weighted by Crippen LogP contribution is -2.15. The predicted octanol–water partition coefficient (Wildman–Crippen LogP) is -0.295. The SMILES string of the molecule is Cc1ncc(CC(=O)O)[nH]c1=O. The highest BCUT2D eigenvalue weighted by molar-refractivity contribution is 5.69. The van der Waals surface area contributed by atoms with Crippen molar-refractivity contribution in [1.82, 2.24) is 9.97 Å². The van der Waals surface area contributed by atoms with Crippen molar-refractivity contribution in [2.75, 3.05) is 0 Å². The Morgan fingerprint density at radius 1 is 1.75 bits per heavy atom. The number of aliphatic carboxylic acids is 1. The first kappa shape index (κ1) is 8.45. The normalized spacial score (nSPS) is 9.75. The van der Waals surface area contributed by atoms with Crippen LogP contribution in [-0.2, 0) is 11.2 Å². The van der Waals surface area contributed by atoms with Gasteiger partial charge in [0.2, 0.25) is 0 Å². The number of hydrogen-bond acceptors (Lipinski definition) is 3. The van der Waals surface area contributed by atoms with Crippen molar-refractivity contribution in [3.63, 3.8) is 0 Å². The highest BCUT2D eigenvalue weighted by Crippen LogP contribution is 1.90. The first-order valence-electron chi connectivity index (χ1n) is 3.36. The van der Waals surface area contributed by atoms with E-state index in [9.17, 15) is 9.59 Å². The van der Waals surface area contributed by atoms with E-state index in [1.807, 2.05) is 0 Å². The molecule has 1 heterocycles. The molecule has 0 aliphatic rings. The van der Waals surface area contributed by atoms with E-state index in [0.717, 1.165) is 0 Å². The molecule has 12 heavy (non-hydrogen) atoms. The standard InChI is InChI=1S/C7H8N2O3/c1-4-7(12)9-5(3-8-4)2-6(10)11/h3H,2H2,1H3,(H,9,12)(H,10,11). The summed E-state index contributed by atoms with van der Waals surface area (Å²) in [6.07, 6.45) is 1.15. The van der Waals surface area contributed by atoms with Crippen molar-refractivity contribution >= 4 is 5.97 Å². The van der Waals surface area contributed by atoms with E-state index in [-0.39, 0.29) is 12.0 Å². The number of aromatic nitrogens is 2. The lowest BCUT2D eigenvalue weighted by molar-refractivity contribution is -0.136. The van der Waals surface area contributed by atoms with Gasteiger partial charge in [-0.3, -0.25) is 14.6 Å². The number of aromatic amines is 1. The van der Waals surface area contributed by atoms with Crippen LogP contribution in [0, 0.1) is 6.92 Å². The van der Waals surface area contributed by atoms with Gasteiger partial charge >= 0.3 is 5.97 Å². The average Bonchev–Trinajstić information content (AvgIpc) is 1.96. The molecule has 0 unspecified atom stereocenters. The summed E-state index contributed by atoms with van der Waals surface area (Å²) in [7, 11) is 0. The van der Waals surface area contributed by atoms with Crippen LogP contribution in [0.15, 0.2) is 11.0 Å². The number of nitrogens with zero attached hydrogens (tertiary/aromatic N) is 1. The van der Waals surface area contributed by atoms with Crippen LogP contribution in [0.3, 0.4) is 0 Å². The van der Waals surface area contributed by atoms with Gasteiger partial charge in [-0.2, -0.15) is 0 Å². The molecule has 0 bridgehead atoms. The molecular formula is C7H8N2O3. The van der Waals surface area contributed by atoms with Gasteiger partial charge in [-0.1, -0.05) is 0 Å². The third kappa shape index (κ3) is 1.91. The van der Waals surface area contributed by atoms with Crippen molar-refractivity contribution in [3.8, 4) is 0 Å². The lowest BCUT2D eigenvalue weighted by atomic mass is 10.3. The van der Waals surface area contributed by atoms with Gasteiger partial charge in [0.25, 0.3) is 5.56 Å². The van der Waals surface area contributed by atoms with E-state index in [1.54, 1.807) is 6.92 Å². The topological polar surface area (TPSA) is 83.0 Å². The van der Waals surface area contributed by atoms with Crippen LogP contribution in [0.2, 0.25) is 0 Å². The Morgan fingerprint density at radius 2 is 2.42 bits per heavy atom. The second-order valence-electron chi connectivity index (χ2n) is 2.39. The second kappa shape index (κ2) is 3.17. The molecule has 5 nitrogen and oxygen atoms in total. The van der Waals surface area contributed by atoms with Crippen LogP contribution >= 0.6 is 0 Å². The fourth-order valence-corrected chi connectivity index (χ4v) is 0.755. The Bertz CT molecular complexity index is 356. The van der Waals surface area contributed by atoms with Crippen LogP contribution in [0.25, 0.3) is 0 Å². The Hall–Kier alpha value is -1.65. The molecule has 1 aromatic heterocycles. The Kier molecular flexibility index (Phi) is 2.23. The molecule has 0 aliphatic carbocycles. The maximum absolute atomic E-state index is 10.9. The summed E-state index contributed by atoms with van der Waals surface area (Å²) < 4.78 is 0. The Labute approximate surface area is 68.1 Å². The number of carboxylic acids is 1. The summed E-state index contributed by atoms with van der Waals surface area (Å²) in [6, 6.07) is 0. The lowest BCUT2D eigenvalue weighted by Gasteiger charge is -1.95. The molecular weight excluding hydrogens is 160 g/mol. The largest absolute Gasteiger partial charge is 0.481 e. The third-order valence-electron chi connectivity index (χ3n) is 1.36. The van der Waals surface area contributed by atoms with Gasteiger partial charge in [0, 0.05) is 11.9 Å². The van der Waals surface area contributed by atoms with E-state index >= 15 is 0 Å². The summed E-state index contributed by atoms with van der Waals surface area (Å²) in [5.41, 5.74) is 0.316. The van der Waals surface area contributed by atoms with Gasteiger partial charge < -0.3 is 10.1 Å². The average molecular weight is 168 g/mol. The molecule has 5 heteroatoms. The zero-order valence-corrected chi connectivity index (χ0v) is 6.50. The zero-order valence-electron chi connectivity index (χ0n) is 6.50. The summed E-state index contributed by atoms with van der Waals surface area (Å²) in [6.45, 7) is 1.56. The highest BCUT2D eigenvalue weighted by atomic mass is 16.4. The fraction of sp³-hybridized carbons (Fsp3) is 0.286. The molecule has 0 saturated carbocycles. The maximum Gasteiger partial charge on any atom is 0.309 e. The molecule has 2 N–H and O–H groups in total. The van der Waals surface area contributed by atoms with Gasteiger partial charge in [0.1, 0.15) is 5.69 Å². The summed E-state index contributed by atoms with van der Waals surface area (Å²) in [5, 5.41) is 8.38. The molecule has 0 saturated heterocycles. The Balaban J connectivity index is 2.97. The summed E-state index contributed by atoms with van der Waals surface area (Å²) in [4.78, 5) is 27.3. The van der Waals surface area contributed by atoms with Crippen LogP contribution in [0.1, 0.15) is 11.4 Å². The van der Waals surface area contributed by atoms with Gasteiger partial charge in [-0.25, -0.2) is 0 Å². The van der Waals surface area contributed by atoms with Crippen LogP contribution in [0.5, 0.6) is 0 Å².